The maximum absolute atomic E-state index is 12.6. The van der Waals surface area contributed by atoms with Crippen molar-refractivity contribution in [2.45, 2.75) is 32.6 Å². The van der Waals surface area contributed by atoms with Crippen LogP contribution in [0.25, 0.3) is 0 Å². The van der Waals surface area contributed by atoms with E-state index in [-0.39, 0.29) is 22.8 Å². The Labute approximate surface area is 170 Å². The summed E-state index contributed by atoms with van der Waals surface area (Å²) in [4.78, 5) is 28.6. The van der Waals surface area contributed by atoms with E-state index in [1.54, 1.807) is 24.8 Å². The number of benzene rings is 1. The number of amides is 2. The molecule has 0 aliphatic carbocycles. The topological polar surface area (TPSA) is 78.7 Å². The van der Waals surface area contributed by atoms with Gasteiger partial charge in [0.25, 0.3) is 0 Å². The van der Waals surface area contributed by atoms with Crippen LogP contribution in [0.5, 0.6) is 0 Å². The molecule has 0 saturated carbocycles. The van der Waals surface area contributed by atoms with E-state index in [1.165, 1.54) is 11.8 Å². The monoisotopic (exact) mass is 404 g/mol. The molecule has 0 bridgehead atoms. The lowest BCUT2D eigenvalue weighted by Crippen LogP contribution is -2.33. The van der Waals surface area contributed by atoms with Crippen LogP contribution in [0.4, 0.5) is 11.5 Å². The quantitative estimate of drug-likeness (QED) is 0.692. The zero-order valence-corrected chi connectivity index (χ0v) is 17.9. The van der Waals surface area contributed by atoms with Gasteiger partial charge in [0.1, 0.15) is 5.76 Å². The van der Waals surface area contributed by atoms with Crippen LogP contribution in [-0.4, -0.2) is 53.5 Å². The van der Waals surface area contributed by atoms with E-state index in [1.807, 2.05) is 50.2 Å². The van der Waals surface area contributed by atoms with E-state index in [0.29, 0.717) is 24.7 Å². The van der Waals surface area contributed by atoms with Crippen molar-refractivity contribution in [3.63, 3.8) is 0 Å². The molecule has 1 N–H and O–H groups in total. The van der Waals surface area contributed by atoms with Crippen LogP contribution < -0.4 is 10.2 Å². The van der Waals surface area contributed by atoms with Crippen LogP contribution in [0.2, 0.25) is 0 Å². The molecule has 1 unspecified atom stereocenters. The van der Waals surface area contributed by atoms with Gasteiger partial charge in [0.05, 0.1) is 11.0 Å². The number of thioether (sulfide) groups is 1. The molecule has 1 aromatic heterocycles. The number of anilines is 2. The molecular weight excluding hydrogens is 376 g/mol. The molecular formula is C20H28N4O3S. The maximum atomic E-state index is 12.6. The lowest BCUT2D eigenvalue weighted by atomic mass is 10.2. The van der Waals surface area contributed by atoms with Crippen LogP contribution in [-0.2, 0) is 16.1 Å². The molecule has 8 heteroatoms. The van der Waals surface area contributed by atoms with Crippen molar-refractivity contribution in [1.29, 1.82) is 0 Å². The number of aromatic nitrogens is 1. The van der Waals surface area contributed by atoms with Crippen LogP contribution in [0, 0.1) is 6.92 Å². The molecule has 0 saturated heterocycles. The molecule has 2 aromatic rings. The lowest BCUT2D eigenvalue weighted by Gasteiger charge is -2.22. The number of nitrogens with zero attached hydrogens (tertiary/aromatic N) is 3. The molecule has 1 aromatic carbocycles. The number of carbonyl (C=O) groups is 2. The second kappa shape index (κ2) is 10.2. The first-order valence-corrected chi connectivity index (χ1v) is 10.2. The van der Waals surface area contributed by atoms with Gasteiger partial charge in [-0.1, -0.05) is 17.3 Å². The van der Waals surface area contributed by atoms with Gasteiger partial charge in [-0.25, -0.2) is 0 Å². The van der Waals surface area contributed by atoms with E-state index in [2.05, 4.69) is 10.5 Å². The van der Waals surface area contributed by atoms with Crippen molar-refractivity contribution in [2.75, 3.05) is 36.6 Å². The largest absolute Gasteiger partial charge is 0.378 e. The van der Waals surface area contributed by atoms with Crippen LogP contribution in [0.3, 0.4) is 0 Å². The summed E-state index contributed by atoms with van der Waals surface area (Å²) < 4.78 is 4.93. The second-order valence-electron chi connectivity index (χ2n) is 6.73. The Hall–Kier alpha value is -2.48. The summed E-state index contributed by atoms with van der Waals surface area (Å²) in [6, 6.07) is 9.81. The van der Waals surface area contributed by atoms with Crippen molar-refractivity contribution in [3.05, 3.63) is 41.7 Å². The molecule has 1 heterocycles. The Morgan fingerprint density at radius 2 is 1.93 bits per heavy atom. The Bertz CT molecular complexity index is 789. The van der Waals surface area contributed by atoms with Gasteiger partial charge >= 0.3 is 0 Å². The minimum absolute atomic E-state index is 0.0149. The Balaban J connectivity index is 1.84. The van der Waals surface area contributed by atoms with Crippen molar-refractivity contribution in [3.8, 4) is 0 Å². The van der Waals surface area contributed by atoms with Crippen molar-refractivity contribution in [2.24, 2.45) is 0 Å². The Morgan fingerprint density at radius 1 is 1.25 bits per heavy atom. The Morgan fingerprint density at radius 3 is 2.46 bits per heavy atom. The van der Waals surface area contributed by atoms with Gasteiger partial charge in [-0.15, -0.1) is 11.8 Å². The smallest absolute Gasteiger partial charge is 0.238 e. The van der Waals surface area contributed by atoms with E-state index in [9.17, 15) is 9.59 Å². The summed E-state index contributed by atoms with van der Waals surface area (Å²) in [5.41, 5.74) is 2.20. The first-order chi connectivity index (χ1) is 13.3. The predicted octanol–water partition coefficient (Wildman–Crippen LogP) is 3.16. The number of rotatable bonds is 9. The number of carbonyl (C=O) groups excluding carboxylic acids is 2. The minimum atomic E-state index is -0.376. The molecule has 1 atom stereocenters. The fraction of sp³-hybridized carbons (Fsp3) is 0.450. The highest BCUT2D eigenvalue weighted by Crippen LogP contribution is 2.17. The van der Waals surface area contributed by atoms with E-state index in [0.717, 1.165) is 11.3 Å². The molecule has 0 aliphatic rings. The summed E-state index contributed by atoms with van der Waals surface area (Å²) in [5.74, 6) is 1.07. The predicted molar refractivity (Wildman–Crippen MR) is 114 cm³/mol. The maximum Gasteiger partial charge on any atom is 0.238 e. The third-order valence-electron chi connectivity index (χ3n) is 4.27. The van der Waals surface area contributed by atoms with Crippen molar-refractivity contribution >= 4 is 35.1 Å². The molecule has 152 valence electrons. The highest BCUT2D eigenvalue weighted by Gasteiger charge is 2.19. The van der Waals surface area contributed by atoms with Crippen LogP contribution >= 0.6 is 11.8 Å². The standard InChI is InChI=1S/C20H28N4O3S/c1-6-24(12-16-7-9-17(10-8-16)23(4)5)19(25)13-28-15(3)20(26)21-18-11-14(2)27-22-18/h7-11,15H,6,12-13H2,1-5H3,(H,21,22,26). The Kier molecular flexibility index (Phi) is 7.92. The number of hydrogen-bond donors (Lipinski definition) is 1. The molecule has 0 radical (unpaired) electrons. The van der Waals surface area contributed by atoms with Gasteiger partial charge in [-0.2, -0.15) is 0 Å². The number of aryl methyl sites for hydroxylation is 1. The van der Waals surface area contributed by atoms with Gasteiger partial charge in [0.15, 0.2) is 5.82 Å². The third kappa shape index (κ3) is 6.30. The highest BCUT2D eigenvalue weighted by molar-refractivity contribution is 8.01. The molecule has 0 spiro atoms. The summed E-state index contributed by atoms with van der Waals surface area (Å²) in [6.45, 7) is 6.67. The summed E-state index contributed by atoms with van der Waals surface area (Å²) >= 11 is 1.31. The second-order valence-corrected chi connectivity index (χ2v) is 8.06. The molecule has 2 rings (SSSR count). The van der Waals surface area contributed by atoms with Gasteiger partial charge < -0.3 is 19.6 Å². The van der Waals surface area contributed by atoms with Gasteiger partial charge in [0, 0.05) is 38.9 Å². The van der Waals surface area contributed by atoms with Gasteiger partial charge in [-0.3, -0.25) is 9.59 Å². The zero-order chi connectivity index (χ0) is 20.7. The van der Waals surface area contributed by atoms with E-state index < -0.39 is 0 Å². The number of hydrogen-bond acceptors (Lipinski definition) is 6. The van der Waals surface area contributed by atoms with Crippen molar-refractivity contribution in [1.82, 2.24) is 10.1 Å². The fourth-order valence-electron chi connectivity index (χ4n) is 2.51. The van der Waals surface area contributed by atoms with Gasteiger partial charge in [-0.05, 0) is 38.5 Å². The molecule has 7 nitrogen and oxygen atoms in total. The normalized spacial score (nSPS) is 11.8. The van der Waals surface area contributed by atoms with E-state index in [4.69, 9.17) is 4.52 Å². The first kappa shape index (κ1) is 21.8. The summed E-state index contributed by atoms with van der Waals surface area (Å²) in [7, 11) is 3.99. The zero-order valence-electron chi connectivity index (χ0n) is 17.1. The average molecular weight is 405 g/mol. The average Bonchev–Trinajstić information content (AvgIpc) is 3.08. The van der Waals surface area contributed by atoms with Crippen LogP contribution in [0.1, 0.15) is 25.2 Å². The summed E-state index contributed by atoms with van der Waals surface area (Å²) in [6.07, 6.45) is 0. The van der Waals surface area contributed by atoms with Gasteiger partial charge in [0.2, 0.25) is 11.8 Å². The minimum Gasteiger partial charge on any atom is -0.378 e. The summed E-state index contributed by atoms with van der Waals surface area (Å²) in [5, 5.41) is 6.06. The third-order valence-corrected chi connectivity index (χ3v) is 5.39. The number of nitrogens with one attached hydrogen (secondary N) is 1. The lowest BCUT2D eigenvalue weighted by molar-refractivity contribution is -0.128. The fourth-order valence-corrected chi connectivity index (χ4v) is 3.30. The van der Waals surface area contributed by atoms with E-state index >= 15 is 0 Å². The van der Waals surface area contributed by atoms with Crippen LogP contribution in [0.15, 0.2) is 34.9 Å². The molecule has 0 fully saturated rings. The first-order valence-electron chi connectivity index (χ1n) is 9.20. The molecule has 28 heavy (non-hydrogen) atoms. The van der Waals surface area contributed by atoms with Crippen molar-refractivity contribution < 1.29 is 14.1 Å². The highest BCUT2D eigenvalue weighted by atomic mass is 32.2. The molecule has 2 amide bonds. The molecule has 0 aliphatic heterocycles. The SMILES string of the molecule is CCN(Cc1ccc(N(C)C)cc1)C(=O)CSC(C)C(=O)Nc1cc(C)on1.